The van der Waals surface area contributed by atoms with Crippen LogP contribution >= 0.6 is 0 Å². The number of alkyl halides is 3. The fourth-order valence-corrected chi connectivity index (χ4v) is 2.81. The summed E-state index contributed by atoms with van der Waals surface area (Å²) in [6, 6.07) is 5.36. The Morgan fingerprint density at radius 2 is 1.91 bits per heavy atom. The standard InChI is InChI=1S/C16H12F3N3/c1-20-13-7-15-12(8-21-22(15)14-6-11(13)14)9-2-4-10(5-3-9)16(17,18)19/h2-8,14,20H,1H3. The molecule has 1 aliphatic carbocycles. The Labute approximate surface area is 124 Å². The molecule has 1 unspecified atom stereocenters. The molecule has 1 aromatic carbocycles. The molecule has 0 spiro atoms. The Morgan fingerprint density at radius 1 is 1.18 bits per heavy atom. The number of nitrogens with zero attached hydrogens (tertiary/aromatic N) is 2. The van der Waals surface area contributed by atoms with E-state index in [1.165, 1.54) is 17.7 Å². The quantitative estimate of drug-likeness (QED) is 0.918. The van der Waals surface area contributed by atoms with Crippen LogP contribution in [0.15, 0.2) is 47.8 Å². The number of hydrogen-bond donors (Lipinski definition) is 1. The molecule has 3 nitrogen and oxygen atoms in total. The van der Waals surface area contributed by atoms with Crippen LogP contribution in [-0.2, 0) is 6.18 Å². The molecule has 0 amide bonds. The Hall–Kier alpha value is -2.50. The van der Waals surface area contributed by atoms with Gasteiger partial charge in [0.15, 0.2) is 0 Å². The number of hydrogen-bond acceptors (Lipinski definition) is 2. The molecule has 22 heavy (non-hydrogen) atoms. The van der Waals surface area contributed by atoms with Gasteiger partial charge in [-0.3, -0.25) is 4.68 Å². The van der Waals surface area contributed by atoms with Gasteiger partial charge in [0.2, 0.25) is 0 Å². The van der Waals surface area contributed by atoms with Gasteiger partial charge in [-0.05, 0) is 29.8 Å². The lowest BCUT2D eigenvalue weighted by molar-refractivity contribution is -0.137. The van der Waals surface area contributed by atoms with Crippen molar-refractivity contribution in [2.45, 2.75) is 12.2 Å². The summed E-state index contributed by atoms with van der Waals surface area (Å²) in [6.07, 6.45) is 1.47. The number of benzene rings is 1. The second-order valence-electron chi connectivity index (χ2n) is 5.34. The minimum absolute atomic E-state index is 0.172. The van der Waals surface area contributed by atoms with Gasteiger partial charge in [-0.15, -0.1) is 0 Å². The lowest BCUT2D eigenvalue weighted by Crippen LogP contribution is -2.14. The number of likely N-dealkylation sites (N-methyl/N-ethyl adjacent to an activating group) is 1. The maximum atomic E-state index is 12.6. The second-order valence-corrected chi connectivity index (χ2v) is 5.34. The molecule has 0 bridgehead atoms. The van der Waals surface area contributed by atoms with Gasteiger partial charge in [0.25, 0.3) is 0 Å². The molecule has 2 heterocycles. The largest absolute Gasteiger partial charge is 0.416 e. The van der Waals surface area contributed by atoms with Crippen molar-refractivity contribution in [1.29, 1.82) is 0 Å². The maximum absolute atomic E-state index is 12.6. The summed E-state index contributed by atoms with van der Waals surface area (Å²) in [7, 11) is 1.85. The van der Waals surface area contributed by atoms with Crippen molar-refractivity contribution < 1.29 is 13.2 Å². The molecule has 1 atom stereocenters. The molecule has 6 heteroatoms. The van der Waals surface area contributed by atoms with E-state index >= 15 is 0 Å². The van der Waals surface area contributed by atoms with Crippen molar-refractivity contribution in [2.75, 3.05) is 7.05 Å². The highest BCUT2D eigenvalue weighted by Gasteiger charge is 2.36. The molecule has 0 saturated heterocycles. The third-order valence-electron chi connectivity index (χ3n) is 4.03. The van der Waals surface area contributed by atoms with Gasteiger partial charge >= 0.3 is 6.18 Å². The second kappa shape index (κ2) is 4.25. The van der Waals surface area contributed by atoms with E-state index in [1.807, 2.05) is 17.8 Å². The zero-order valence-electron chi connectivity index (χ0n) is 11.6. The first-order valence-electron chi connectivity index (χ1n) is 6.86. The molecule has 0 radical (unpaired) electrons. The third-order valence-corrected chi connectivity index (χ3v) is 4.03. The fourth-order valence-electron chi connectivity index (χ4n) is 2.81. The Morgan fingerprint density at radius 3 is 2.55 bits per heavy atom. The van der Waals surface area contributed by atoms with Gasteiger partial charge in [0.1, 0.15) is 0 Å². The molecule has 1 aliphatic heterocycles. The van der Waals surface area contributed by atoms with E-state index in [-0.39, 0.29) is 6.04 Å². The summed E-state index contributed by atoms with van der Waals surface area (Å²) in [5, 5.41) is 7.50. The molecule has 2 aromatic rings. The van der Waals surface area contributed by atoms with Crippen LogP contribution in [0.25, 0.3) is 17.2 Å². The minimum atomic E-state index is -4.32. The van der Waals surface area contributed by atoms with Gasteiger partial charge in [-0.2, -0.15) is 18.3 Å². The van der Waals surface area contributed by atoms with E-state index in [4.69, 9.17) is 0 Å². The van der Waals surface area contributed by atoms with Gasteiger partial charge in [-0.25, -0.2) is 0 Å². The summed E-state index contributed by atoms with van der Waals surface area (Å²) in [5.41, 5.74) is 4.07. The molecule has 112 valence electrons. The van der Waals surface area contributed by atoms with E-state index in [1.54, 1.807) is 6.20 Å². The number of aromatic nitrogens is 2. The summed E-state index contributed by atoms with van der Waals surface area (Å²) in [5.74, 6) is 0. The molecule has 1 aromatic heterocycles. The Bertz CT molecular complexity index is 810. The number of rotatable bonds is 2. The normalized spacial score (nSPS) is 19.0. The molecular weight excluding hydrogens is 291 g/mol. The average Bonchev–Trinajstić information content (AvgIpc) is 3.19. The summed E-state index contributed by atoms with van der Waals surface area (Å²) in [4.78, 5) is 0. The smallest absolute Gasteiger partial charge is 0.388 e. The zero-order chi connectivity index (χ0) is 15.5. The van der Waals surface area contributed by atoms with Crippen molar-refractivity contribution >= 4 is 6.08 Å². The topological polar surface area (TPSA) is 29.9 Å². The van der Waals surface area contributed by atoms with E-state index in [0.717, 1.165) is 34.7 Å². The van der Waals surface area contributed by atoms with E-state index in [9.17, 15) is 13.2 Å². The van der Waals surface area contributed by atoms with Gasteiger partial charge in [0.05, 0.1) is 23.5 Å². The van der Waals surface area contributed by atoms with Crippen LogP contribution in [0.5, 0.6) is 0 Å². The van der Waals surface area contributed by atoms with Crippen molar-refractivity contribution in [3.05, 3.63) is 59.1 Å². The summed E-state index contributed by atoms with van der Waals surface area (Å²) < 4.78 is 39.8. The van der Waals surface area contributed by atoms with Crippen LogP contribution in [0.2, 0.25) is 0 Å². The summed E-state index contributed by atoms with van der Waals surface area (Å²) >= 11 is 0. The van der Waals surface area contributed by atoms with Crippen LogP contribution < -0.4 is 5.32 Å². The maximum Gasteiger partial charge on any atom is 0.416 e. The molecule has 0 fully saturated rings. The van der Waals surface area contributed by atoms with Crippen LogP contribution in [-0.4, -0.2) is 16.8 Å². The van der Waals surface area contributed by atoms with Gasteiger partial charge in [0, 0.05) is 23.9 Å². The molecule has 2 aliphatic rings. The SMILES string of the molecule is CNC1=Cc2c(-c3ccc(C(F)(F)F)cc3)cnn2C2C=C12. The first-order valence-corrected chi connectivity index (χ1v) is 6.86. The zero-order valence-corrected chi connectivity index (χ0v) is 11.6. The van der Waals surface area contributed by atoms with Crippen LogP contribution in [0.1, 0.15) is 17.3 Å². The summed E-state index contributed by atoms with van der Waals surface area (Å²) in [6.45, 7) is 0. The number of fused-ring (bicyclic) bond motifs is 3. The number of halogens is 3. The predicted octanol–water partition coefficient (Wildman–Crippen LogP) is 3.62. The monoisotopic (exact) mass is 303 g/mol. The molecular formula is C16H12F3N3. The number of nitrogens with one attached hydrogen (secondary N) is 1. The third kappa shape index (κ3) is 1.87. The van der Waals surface area contributed by atoms with E-state index < -0.39 is 11.7 Å². The number of allylic oxidation sites excluding steroid dienone is 2. The Balaban J connectivity index is 1.76. The van der Waals surface area contributed by atoms with Crippen molar-refractivity contribution in [3.8, 4) is 11.1 Å². The van der Waals surface area contributed by atoms with Crippen LogP contribution in [0.3, 0.4) is 0 Å². The van der Waals surface area contributed by atoms with E-state index in [2.05, 4.69) is 16.5 Å². The first-order chi connectivity index (χ1) is 10.5. The highest BCUT2D eigenvalue weighted by atomic mass is 19.4. The molecule has 4 rings (SSSR count). The average molecular weight is 303 g/mol. The first kappa shape index (κ1) is 13.2. The van der Waals surface area contributed by atoms with Crippen molar-refractivity contribution in [2.24, 2.45) is 0 Å². The van der Waals surface area contributed by atoms with Crippen LogP contribution in [0, 0.1) is 0 Å². The minimum Gasteiger partial charge on any atom is -0.388 e. The highest BCUT2D eigenvalue weighted by Crippen LogP contribution is 2.45. The van der Waals surface area contributed by atoms with Crippen LogP contribution in [0.4, 0.5) is 13.2 Å². The lowest BCUT2D eigenvalue weighted by atomic mass is 10.0. The van der Waals surface area contributed by atoms with Crippen molar-refractivity contribution in [1.82, 2.24) is 15.1 Å². The molecule has 1 N–H and O–H groups in total. The lowest BCUT2D eigenvalue weighted by Gasteiger charge is -2.15. The molecule has 0 saturated carbocycles. The van der Waals surface area contributed by atoms with E-state index in [0.29, 0.717) is 0 Å². The van der Waals surface area contributed by atoms with Gasteiger partial charge < -0.3 is 5.32 Å². The fraction of sp³-hybridized carbons (Fsp3) is 0.188. The predicted molar refractivity (Wildman–Crippen MR) is 76.8 cm³/mol. The van der Waals surface area contributed by atoms with Crippen molar-refractivity contribution in [3.63, 3.8) is 0 Å². The Kier molecular flexibility index (Phi) is 2.55. The van der Waals surface area contributed by atoms with Gasteiger partial charge in [-0.1, -0.05) is 12.1 Å². The highest BCUT2D eigenvalue weighted by molar-refractivity contribution is 5.78.